The monoisotopic (exact) mass is 265 g/mol. The third-order valence-electron chi connectivity index (χ3n) is 4.23. The molecule has 19 heavy (non-hydrogen) atoms. The van der Waals surface area contributed by atoms with Gasteiger partial charge < -0.3 is 4.74 Å². The van der Waals surface area contributed by atoms with Crippen molar-refractivity contribution in [2.75, 3.05) is 0 Å². The van der Waals surface area contributed by atoms with Crippen molar-refractivity contribution in [1.82, 2.24) is 0 Å². The van der Waals surface area contributed by atoms with Crippen LogP contribution in [0, 0.1) is 5.92 Å². The van der Waals surface area contributed by atoms with Crippen LogP contribution in [0.2, 0.25) is 0 Å². The van der Waals surface area contributed by atoms with E-state index in [1.807, 2.05) is 0 Å². The maximum atomic E-state index is 12.3. The Balaban J connectivity index is 1.96. The number of carbonyl (C=O) groups is 2. The average Bonchev–Trinajstić information content (AvgIpc) is 2.93. The zero-order chi connectivity index (χ0) is 13.5. The Morgan fingerprint density at radius 3 is 2.32 bits per heavy atom. The van der Waals surface area contributed by atoms with E-state index < -0.39 is 6.04 Å². The van der Waals surface area contributed by atoms with E-state index in [4.69, 9.17) is 4.74 Å². The smallest absolute Gasteiger partial charge is 0.331 e. The zero-order valence-electron chi connectivity index (χ0n) is 11.4. The van der Waals surface area contributed by atoms with Gasteiger partial charge in [-0.1, -0.05) is 19.3 Å². The molecule has 0 N–H and O–H groups in total. The summed E-state index contributed by atoms with van der Waals surface area (Å²) in [4.78, 5) is 26.9. The van der Waals surface area contributed by atoms with E-state index in [-0.39, 0.29) is 18.0 Å². The number of rotatable bonds is 5. The highest BCUT2D eigenvalue weighted by Gasteiger charge is 2.32. The minimum absolute atomic E-state index is 0.0741. The van der Waals surface area contributed by atoms with Gasteiger partial charge in [-0.2, -0.15) is 0 Å². The molecule has 2 saturated carbocycles. The van der Waals surface area contributed by atoms with E-state index in [1.165, 1.54) is 12.6 Å². The fraction of sp³-hybridized carbons (Fsp3) is 0.800. The number of aliphatic imine (C=N–C) groups is 1. The zero-order valence-corrected chi connectivity index (χ0v) is 11.4. The molecule has 0 bridgehead atoms. The minimum atomic E-state index is -0.467. The lowest BCUT2D eigenvalue weighted by Crippen LogP contribution is -2.33. The lowest BCUT2D eigenvalue weighted by Gasteiger charge is -2.27. The molecule has 0 aromatic rings. The molecule has 2 aliphatic rings. The Labute approximate surface area is 114 Å². The summed E-state index contributed by atoms with van der Waals surface area (Å²) in [6, 6.07) is -0.467. The molecule has 0 heterocycles. The number of esters is 1. The summed E-state index contributed by atoms with van der Waals surface area (Å²) in [7, 11) is 0. The summed E-state index contributed by atoms with van der Waals surface area (Å²) in [6.45, 7) is 0. The van der Waals surface area contributed by atoms with Gasteiger partial charge in [0.1, 0.15) is 12.1 Å². The molecule has 0 unspecified atom stereocenters. The summed E-state index contributed by atoms with van der Waals surface area (Å²) in [6.07, 6.45) is 11.7. The summed E-state index contributed by atoms with van der Waals surface area (Å²) >= 11 is 0. The Bertz CT molecular complexity index is 328. The van der Waals surface area contributed by atoms with Crippen LogP contribution in [0.4, 0.5) is 0 Å². The predicted molar refractivity (Wildman–Crippen MR) is 73.3 cm³/mol. The molecule has 0 aromatic carbocycles. The molecule has 2 rings (SSSR count). The summed E-state index contributed by atoms with van der Waals surface area (Å²) < 4.78 is 5.56. The van der Waals surface area contributed by atoms with E-state index in [2.05, 4.69) is 4.99 Å². The van der Waals surface area contributed by atoms with Crippen molar-refractivity contribution >= 4 is 18.5 Å². The van der Waals surface area contributed by atoms with Gasteiger partial charge in [0.15, 0.2) is 6.29 Å². The number of hydrogen-bond acceptors (Lipinski definition) is 4. The molecule has 0 spiro atoms. The van der Waals surface area contributed by atoms with Gasteiger partial charge >= 0.3 is 5.97 Å². The van der Waals surface area contributed by atoms with Crippen molar-refractivity contribution in [3.05, 3.63) is 0 Å². The molecule has 0 saturated heterocycles. The van der Waals surface area contributed by atoms with E-state index >= 15 is 0 Å². The van der Waals surface area contributed by atoms with E-state index in [9.17, 15) is 9.59 Å². The normalized spacial score (nSPS) is 23.6. The molecular formula is C15H23NO3. The summed E-state index contributed by atoms with van der Waals surface area (Å²) in [5, 5.41) is 0. The van der Waals surface area contributed by atoms with E-state index in [0.29, 0.717) is 6.29 Å². The van der Waals surface area contributed by atoms with Crippen molar-refractivity contribution in [1.29, 1.82) is 0 Å². The SMILES string of the molecule is O=CC=N[C@H](C(=O)OC1CCCC1)C1CCCCC1. The topological polar surface area (TPSA) is 55.7 Å². The van der Waals surface area contributed by atoms with Crippen LogP contribution in [0.1, 0.15) is 57.8 Å². The van der Waals surface area contributed by atoms with Crippen molar-refractivity contribution in [3.8, 4) is 0 Å². The molecule has 106 valence electrons. The number of hydrogen-bond donors (Lipinski definition) is 0. The van der Waals surface area contributed by atoms with Gasteiger partial charge in [0.2, 0.25) is 0 Å². The highest BCUT2D eigenvalue weighted by molar-refractivity contribution is 6.13. The van der Waals surface area contributed by atoms with Gasteiger partial charge in [0.25, 0.3) is 0 Å². The van der Waals surface area contributed by atoms with Crippen LogP contribution in [-0.4, -0.2) is 30.6 Å². The van der Waals surface area contributed by atoms with Crippen LogP contribution >= 0.6 is 0 Å². The van der Waals surface area contributed by atoms with E-state index in [0.717, 1.165) is 51.4 Å². The third kappa shape index (κ3) is 4.15. The van der Waals surface area contributed by atoms with Gasteiger partial charge in [-0.3, -0.25) is 9.79 Å². The molecule has 0 aliphatic heterocycles. The standard InChI is InChI=1S/C15H23NO3/c17-11-10-16-14(12-6-2-1-3-7-12)15(18)19-13-8-4-5-9-13/h10-14H,1-9H2/t14-/m0/s1. The number of aldehydes is 1. The second kappa shape index (κ2) is 7.41. The predicted octanol–water partition coefficient (Wildman–Crippen LogP) is 2.69. The molecule has 0 aromatic heterocycles. The van der Waals surface area contributed by atoms with Gasteiger partial charge in [0.05, 0.1) is 6.21 Å². The second-order valence-electron chi connectivity index (χ2n) is 5.62. The largest absolute Gasteiger partial charge is 0.461 e. The van der Waals surface area contributed by atoms with E-state index in [1.54, 1.807) is 0 Å². The van der Waals surface area contributed by atoms with Gasteiger partial charge in [-0.05, 0) is 44.4 Å². The Morgan fingerprint density at radius 2 is 1.68 bits per heavy atom. The lowest BCUT2D eigenvalue weighted by molar-refractivity contribution is -0.151. The van der Waals surface area contributed by atoms with Gasteiger partial charge in [-0.15, -0.1) is 0 Å². The van der Waals surface area contributed by atoms with Gasteiger partial charge in [-0.25, -0.2) is 4.79 Å². The van der Waals surface area contributed by atoms with Crippen LogP contribution < -0.4 is 0 Å². The fourth-order valence-corrected chi connectivity index (χ4v) is 3.19. The average molecular weight is 265 g/mol. The Kier molecular flexibility index (Phi) is 5.55. The highest BCUT2D eigenvalue weighted by atomic mass is 16.5. The number of ether oxygens (including phenoxy) is 1. The molecule has 1 atom stereocenters. The van der Waals surface area contributed by atoms with Crippen molar-refractivity contribution in [2.45, 2.75) is 69.9 Å². The Morgan fingerprint density at radius 1 is 1.05 bits per heavy atom. The van der Waals surface area contributed by atoms with Crippen LogP contribution in [0.15, 0.2) is 4.99 Å². The first kappa shape index (κ1) is 14.2. The van der Waals surface area contributed by atoms with Gasteiger partial charge in [0, 0.05) is 0 Å². The van der Waals surface area contributed by atoms with Crippen molar-refractivity contribution < 1.29 is 14.3 Å². The van der Waals surface area contributed by atoms with Crippen molar-refractivity contribution in [2.24, 2.45) is 10.9 Å². The lowest BCUT2D eigenvalue weighted by atomic mass is 9.84. The first-order chi connectivity index (χ1) is 9.31. The first-order valence-electron chi connectivity index (χ1n) is 7.48. The van der Waals surface area contributed by atoms with Crippen LogP contribution in [0.5, 0.6) is 0 Å². The molecule has 0 amide bonds. The van der Waals surface area contributed by atoms with Crippen LogP contribution in [0.25, 0.3) is 0 Å². The molecule has 2 fully saturated rings. The minimum Gasteiger partial charge on any atom is -0.461 e. The summed E-state index contributed by atoms with van der Waals surface area (Å²) in [5.41, 5.74) is 0. The molecule has 0 radical (unpaired) electrons. The molecule has 4 nitrogen and oxygen atoms in total. The number of carbonyl (C=O) groups excluding carboxylic acids is 2. The first-order valence-corrected chi connectivity index (χ1v) is 7.48. The van der Waals surface area contributed by atoms with Crippen LogP contribution in [-0.2, 0) is 14.3 Å². The fourth-order valence-electron chi connectivity index (χ4n) is 3.19. The van der Waals surface area contributed by atoms with Crippen molar-refractivity contribution in [3.63, 3.8) is 0 Å². The second-order valence-corrected chi connectivity index (χ2v) is 5.62. The molecule has 4 heteroatoms. The molecule has 2 aliphatic carbocycles. The maximum Gasteiger partial charge on any atom is 0.331 e. The van der Waals surface area contributed by atoms with Crippen LogP contribution in [0.3, 0.4) is 0 Å². The Hall–Kier alpha value is -1.19. The summed E-state index contributed by atoms with van der Waals surface area (Å²) in [5.74, 6) is 0.0238. The molecular weight excluding hydrogens is 242 g/mol. The quantitative estimate of drug-likeness (QED) is 0.436. The third-order valence-corrected chi connectivity index (χ3v) is 4.23. The number of nitrogens with zero attached hydrogens (tertiary/aromatic N) is 1. The maximum absolute atomic E-state index is 12.3. The highest BCUT2D eigenvalue weighted by Crippen LogP contribution is 2.30.